The van der Waals surface area contributed by atoms with Crippen LogP contribution in [0.2, 0.25) is 0 Å². The van der Waals surface area contributed by atoms with Gasteiger partial charge in [-0.1, -0.05) is 13.8 Å². The van der Waals surface area contributed by atoms with Gasteiger partial charge >= 0.3 is 0 Å². The summed E-state index contributed by atoms with van der Waals surface area (Å²) in [6.45, 7) is 10.9. The summed E-state index contributed by atoms with van der Waals surface area (Å²) >= 11 is 0. The summed E-state index contributed by atoms with van der Waals surface area (Å²) in [5.41, 5.74) is 1.28. The van der Waals surface area contributed by atoms with E-state index in [0.717, 1.165) is 51.7 Å². The molecular formula is C14H24N2O2. The first kappa shape index (κ1) is 13.6. The topological polar surface area (TPSA) is 37.6 Å². The molecule has 1 N–H and O–H groups in total. The number of nitrogens with zero attached hydrogens (tertiary/aromatic N) is 1. The lowest BCUT2D eigenvalue weighted by Crippen LogP contribution is -2.35. The summed E-state index contributed by atoms with van der Waals surface area (Å²) in [5, 5.41) is 3.46. The molecule has 0 bridgehead atoms. The SMILES string of the molecule is CC(C)CNCc1ccoc1CN1CCOCC1. The summed E-state index contributed by atoms with van der Waals surface area (Å²) < 4.78 is 11.0. The summed E-state index contributed by atoms with van der Waals surface area (Å²) in [6, 6.07) is 2.07. The number of morpholine rings is 1. The molecule has 1 aliphatic rings. The molecule has 2 heterocycles. The van der Waals surface area contributed by atoms with Gasteiger partial charge in [0.05, 0.1) is 26.0 Å². The Kier molecular flexibility index (Phi) is 5.23. The first-order valence-electron chi connectivity index (χ1n) is 6.82. The zero-order valence-corrected chi connectivity index (χ0v) is 11.4. The number of nitrogens with one attached hydrogen (secondary N) is 1. The monoisotopic (exact) mass is 252 g/mol. The highest BCUT2D eigenvalue weighted by Gasteiger charge is 2.14. The second-order valence-electron chi connectivity index (χ2n) is 5.28. The summed E-state index contributed by atoms with van der Waals surface area (Å²) in [5.74, 6) is 1.77. The standard InChI is InChI=1S/C14H24N2O2/c1-12(2)9-15-10-13-3-6-18-14(13)11-16-4-7-17-8-5-16/h3,6,12,15H,4-5,7-11H2,1-2H3. The first-order chi connectivity index (χ1) is 8.75. The average Bonchev–Trinajstić information content (AvgIpc) is 2.78. The Labute approximate surface area is 109 Å². The first-order valence-corrected chi connectivity index (χ1v) is 6.82. The van der Waals surface area contributed by atoms with E-state index in [9.17, 15) is 0 Å². The van der Waals surface area contributed by atoms with Crippen molar-refractivity contribution in [2.45, 2.75) is 26.9 Å². The number of ether oxygens (including phenoxy) is 1. The fourth-order valence-electron chi connectivity index (χ4n) is 2.12. The minimum absolute atomic E-state index is 0.680. The number of furan rings is 1. The molecule has 1 aromatic heterocycles. The third-order valence-corrected chi connectivity index (χ3v) is 3.18. The van der Waals surface area contributed by atoms with E-state index in [-0.39, 0.29) is 0 Å². The fourth-order valence-corrected chi connectivity index (χ4v) is 2.12. The van der Waals surface area contributed by atoms with Gasteiger partial charge in [-0.15, -0.1) is 0 Å². The Bertz CT molecular complexity index is 343. The minimum Gasteiger partial charge on any atom is -0.468 e. The summed E-state index contributed by atoms with van der Waals surface area (Å²) in [6.07, 6.45) is 1.79. The molecule has 1 aliphatic heterocycles. The maximum absolute atomic E-state index is 5.60. The molecule has 1 saturated heterocycles. The van der Waals surface area contributed by atoms with Gasteiger partial charge in [0, 0.05) is 25.2 Å². The van der Waals surface area contributed by atoms with Gasteiger partial charge in [0.25, 0.3) is 0 Å². The van der Waals surface area contributed by atoms with Crippen LogP contribution < -0.4 is 5.32 Å². The Morgan fingerprint density at radius 2 is 2.11 bits per heavy atom. The van der Waals surface area contributed by atoms with E-state index >= 15 is 0 Å². The van der Waals surface area contributed by atoms with Crippen molar-refractivity contribution in [3.8, 4) is 0 Å². The lowest BCUT2D eigenvalue weighted by atomic mass is 10.2. The van der Waals surface area contributed by atoms with Gasteiger partial charge in [0.2, 0.25) is 0 Å². The molecule has 2 rings (SSSR count). The highest BCUT2D eigenvalue weighted by Crippen LogP contribution is 2.14. The third kappa shape index (κ3) is 4.12. The quantitative estimate of drug-likeness (QED) is 0.838. The normalized spacial score (nSPS) is 17.5. The van der Waals surface area contributed by atoms with Crippen LogP contribution in [0.1, 0.15) is 25.2 Å². The highest BCUT2D eigenvalue weighted by atomic mass is 16.5. The molecule has 4 heteroatoms. The molecule has 1 aromatic rings. The van der Waals surface area contributed by atoms with Crippen molar-refractivity contribution in [2.24, 2.45) is 5.92 Å². The smallest absolute Gasteiger partial charge is 0.122 e. The maximum atomic E-state index is 5.60. The van der Waals surface area contributed by atoms with Gasteiger partial charge < -0.3 is 14.5 Å². The van der Waals surface area contributed by atoms with Crippen molar-refractivity contribution >= 4 is 0 Å². The summed E-state index contributed by atoms with van der Waals surface area (Å²) in [7, 11) is 0. The third-order valence-electron chi connectivity index (χ3n) is 3.18. The predicted octanol–water partition coefficient (Wildman–Crippen LogP) is 1.86. The molecule has 1 fully saturated rings. The van der Waals surface area contributed by atoms with Crippen LogP contribution >= 0.6 is 0 Å². The number of hydrogen-bond donors (Lipinski definition) is 1. The van der Waals surface area contributed by atoms with E-state index in [0.29, 0.717) is 5.92 Å². The predicted molar refractivity (Wildman–Crippen MR) is 71.3 cm³/mol. The molecule has 0 unspecified atom stereocenters. The van der Waals surface area contributed by atoms with E-state index in [2.05, 4.69) is 30.1 Å². The highest BCUT2D eigenvalue weighted by molar-refractivity contribution is 5.16. The van der Waals surface area contributed by atoms with Gasteiger partial charge in [0.15, 0.2) is 0 Å². The molecule has 0 radical (unpaired) electrons. The molecular weight excluding hydrogens is 228 g/mol. The van der Waals surface area contributed by atoms with Gasteiger partial charge in [-0.2, -0.15) is 0 Å². The van der Waals surface area contributed by atoms with E-state index in [1.807, 2.05) is 0 Å². The van der Waals surface area contributed by atoms with Crippen LogP contribution in [-0.4, -0.2) is 37.7 Å². The van der Waals surface area contributed by atoms with Crippen LogP contribution in [0.25, 0.3) is 0 Å². The van der Waals surface area contributed by atoms with Crippen molar-refractivity contribution in [2.75, 3.05) is 32.8 Å². The largest absolute Gasteiger partial charge is 0.468 e. The zero-order chi connectivity index (χ0) is 12.8. The number of rotatable bonds is 6. The molecule has 0 aliphatic carbocycles. The van der Waals surface area contributed by atoms with Crippen LogP contribution in [0, 0.1) is 5.92 Å². The maximum Gasteiger partial charge on any atom is 0.122 e. The second-order valence-corrected chi connectivity index (χ2v) is 5.28. The fraction of sp³-hybridized carbons (Fsp3) is 0.714. The zero-order valence-electron chi connectivity index (χ0n) is 11.4. The van der Waals surface area contributed by atoms with Gasteiger partial charge in [-0.3, -0.25) is 4.90 Å². The molecule has 0 amide bonds. The van der Waals surface area contributed by atoms with Crippen molar-refractivity contribution in [1.29, 1.82) is 0 Å². The molecule has 18 heavy (non-hydrogen) atoms. The summed E-state index contributed by atoms with van der Waals surface area (Å²) in [4.78, 5) is 2.38. The molecule has 4 nitrogen and oxygen atoms in total. The van der Waals surface area contributed by atoms with Crippen LogP contribution in [-0.2, 0) is 17.8 Å². The van der Waals surface area contributed by atoms with E-state index in [4.69, 9.17) is 9.15 Å². The molecule has 102 valence electrons. The van der Waals surface area contributed by atoms with E-state index in [1.165, 1.54) is 5.56 Å². The minimum atomic E-state index is 0.680. The van der Waals surface area contributed by atoms with Crippen molar-refractivity contribution in [1.82, 2.24) is 10.2 Å². The Morgan fingerprint density at radius 3 is 2.83 bits per heavy atom. The van der Waals surface area contributed by atoms with Crippen LogP contribution in [0.4, 0.5) is 0 Å². The Morgan fingerprint density at radius 1 is 1.33 bits per heavy atom. The Hall–Kier alpha value is -0.840. The number of hydrogen-bond acceptors (Lipinski definition) is 4. The van der Waals surface area contributed by atoms with E-state index < -0.39 is 0 Å². The van der Waals surface area contributed by atoms with Crippen molar-refractivity contribution < 1.29 is 9.15 Å². The van der Waals surface area contributed by atoms with Gasteiger partial charge in [-0.05, 0) is 18.5 Å². The lowest BCUT2D eigenvalue weighted by Gasteiger charge is -2.26. The second kappa shape index (κ2) is 6.92. The van der Waals surface area contributed by atoms with Crippen LogP contribution in [0.3, 0.4) is 0 Å². The molecule has 0 spiro atoms. The van der Waals surface area contributed by atoms with Gasteiger partial charge in [-0.25, -0.2) is 0 Å². The molecule has 0 saturated carbocycles. The van der Waals surface area contributed by atoms with Crippen molar-refractivity contribution in [3.63, 3.8) is 0 Å². The Balaban J connectivity index is 1.82. The molecule has 0 atom stereocenters. The average molecular weight is 252 g/mol. The van der Waals surface area contributed by atoms with Crippen LogP contribution in [0.15, 0.2) is 16.7 Å². The lowest BCUT2D eigenvalue weighted by molar-refractivity contribution is 0.0311. The molecule has 0 aromatic carbocycles. The van der Waals surface area contributed by atoms with Crippen LogP contribution in [0.5, 0.6) is 0 Å². The van der Waals surface area contributed by atoms with E-state index in [1.54, 1.807) is 6.26 Å². The van der Waals surface area contributed by atoms with Gasteiger partial charge in [0.1, 0.15) is 5.76 Å². The van der Waals surface area contributed by atoms with Crippen molar-refractivity contribution in [3.05, 3.63) is 23.7 Å².